The van der Waals surface area contributed by atoms with E-state index < -0.39 is 0 Å². The SMILES string of the molecule is COCCNCCN1CCOC1=O. The molecule has 1 heterocycles. The summed E-state index contributed by atoms with van der Waals surface area (Å²) in [6, 6.07) is 0. The van der Waals surface area contributed by atoms with E-state index in [-0.39, 0.29) is 6.09 Å². The van der Waals surface area contributed by atoms with E-state index in [2.05, 4.69) is 5.32 Å². The summed E-state index contributed by atoms with van der Waals surface area (Å²) in [5.41, 5.74) is 0. The first-order valence-electron chi connectivity index (χ1n) is 4.46. The lowest BCUT2D eigenvalue weighted by molar-refractivity contribution is 0.158. The number of hydrogen-bond acceptors (Lipinski definition) is 4. The van der Waals surface area contributed by atoms with Crippen LogP contribution < -0.4 is 5.32 Å². The van der Waals surface area contributed by atoms with Crippen LogP contribution in [0.2, 0.25) is 0 Å². The molecular weight excluding hydrogens is 172 g/mol. The molecule has 0 aromatic rings. The van der Waals surface area contributed by atoms with Crippen molar-refractivity contribution in [3.05, 3.63) is 0 Å². The van der Waals surface area contributed by atoms with Crippen molar-refractivity contribution in [2.45, 2.75) is 0 Å². The van der Waals surface area contributed by atoms with Gasteiger partial charge in [-0.2, -0.15) is 0 Å². The van der Waals surface area contributed by atoms with Gasteiger partial charge in [0, 0.05) is 26.7 Å². The zero-order chi connectivity index (χ0) is 9.52. The average molecular weight is 188 g/mol. The topological polar surface area (TPSA) is 50.8 Å². The molecule has 0 aliphatic carbocycles. The highest BCUT2D eigenvalue weighted by molar-refractivity contribution is 5.69. The highest BCUT2D eigenvalue weighted by Crippen LogP contribution is 2.00. The number of nitrogens with one attached hydrogen (secondary N) is 1. The summed E-state index contributed by atoms with van der Waals surface area (Å²) in [4.78, 5) is 12.6. The average Bonchev–Trinajstić information content (AvgIpc) is 2.52. The Morgan fingerprint density at radius 3 is 3.08 bits per heavy atom. The minimum atomic E-state index is -0.200. The van der Waals surface area contributed by atoms with Gasteiger partial charge in [0.05, 0.1) is 13.2 Å². The molecule has 0 atom stereocenters. The number of hydrogen-bond donors (Lipinski definition) is 1. The fraction of sp³-hybridized carbons (Fsp3) is 0.875. The molecule has 1 aliphatic rings. The molecule has 0 unspecified atom stereocenters. The molecule has 76 valence electrons. The smallest absolute Gasteiger partial charge is 0.409 e. The van der Waals surface area contributed by atoms with Crippen molar-refractivity contribution in [1.29, 1.82) is 0 Å². The molecule has 1 amide bonds. The molecular formula is C8H16N2O3. The lowest BCUT2D eigenvalue weighted by Crippen LogP contribution is -2.33. The first-order chi connectivity index (χ1) is 6.34. The Morgan fingerprint density at radius 2 is 2.46 bits per heavy atom. The summed E-state index contributed by atoms with van der Waals surface area (Å²) < 4.78 is 9.65. The van der Waals surface area contributed by atoms with Crippen molar-refractivity contribution in [2.75, 3.05) is 46.5 Å². The van der Waals surface area contributed by atoms with Gasteiger partial charge in [0.15, 0.2) is 0 Å². The fourth-order valence-corrected chi connectivity index (χ4v) is 1.14. The van der Waals surface area contributed by atoms with Gasteiger partial charge < -0.3 is 19.7 Å². The molecule has 1 fully saturated rings. The molecule has 1 N–H and O–H groups in total. The van der Waals surface area contributed by atoms with Gasteiger partial charge in [0.25, 0.3) is 0 Å². The van der Waals surface area contributed by atoms with Crippen LogP contribution in [0.4, 0.5) is 4.79 Å². The van der Waals surface area contributed by atoms with Crippen LogP contribution in [0.5, 0.6) is 0 Å². The van der Waals surface area contributed by atoms with E-state index in [1.54, 1.807) is 12.0 Å². The largest absolute Gasteiger partial charge is 0.448 e. The van der Waals surface area contributed by atoms with Crippen molar-refractivity contribution >= 4 is 6.09 Å². The Balaban J connectivity index is 1.96. The molecule has 0 spiro atoms. The molecule has 0 saturated carbocycles. The third-order valence-electron chi connectivity index (χ3n) is 1.89. The molecule has 5 nitrogen and oxygen atoms in total. The van der Waals surface area contributed by atoms with Crippen LogP contribution in [0.1, 0.15) is 0 Å². The minimum absolute atomic E-state index is 0.200. The van der Waals surface area contributed by atoms with Crippen LogP contribution in [-0.2, 0) is 9.47 Å². The molecule has 0 radical (unpaired) electrons. The number of carbonyl (C=O) groups is 1. The summed E-state index contributed by atoms with van der Waals surface area (Å²) >= 11 is 0. The first kappa shape index (κ1) is 10.3. The minimum Gasteiger partial charge on any atom is -0.448 e. The van der Waals surface area contributed by atoms with Crippen LogP contribution in [-0.4, -0.2) is 57.5 Å². The number of cyclic esters (lactones) is 1. The molecule has 0 aromatic heterocycles. The van der Waals surface area contributed by atoms with Crippen molar-refractivity contribution in [1.82, 2.24) is 10.2 Å². The second-order valence-corrected chi connectivity index (χ2v) is 2.84. The van der Waals surface area contributed by atoms with Gasteiger partial charge in [-0.3, -0.25) is 0 Å². The first-order valence-corrected chi connectivity index (χ1v) is 4.46. The van der Waals surface area contributed by atoms with E-state index in [4.69, 9.17) is 9.47 Å². The predicted molar refractivity (Wildman–Crippen MR) is 47.7 cm³/mol. The molecule has 1 rings (SSSR count). The molecule has 0 aromatic carbocycles. The standard InChI is InChI=1S/C8H16N2O3/c1-12-6-3-9-2-4-10-5-7-13-8(10)11/h9H,2-7H2,1H3. The molecule has 0 bridgehead atoms. The molecule has 1 aliphatic heterocycles. The second kappa shape index (κ2) is 5.77. The Bertz CT molecular complexity index is 163. The lowest BCUT2D eigenvalue weighted by atomic mass is 10.5. The van der Waals surface area contributed by atoms with Crippen LogP contribution in [0.15, 0.2) is 0 Å². The summed E-state index contributed by atoms with van der Waals surface area (Å²) in [6.45, 7) is 4.26. The van der Waals surface area contributed by atoms with Gasteiger partial charge in [-0.25, -0.2) is 4.79 Å². The summed E-state index contributed by atoms with van der Waals surface area (Å²) in [5, 5.41) is 3.16. The number of rotatable bonds is 6. The maximum Gasteiger partial charge on any atom is 0.409 e. The maximum absolute atomic E-state index is 10.9. The highest BCUT2D eigenvalue weighted by Gasteiger charge is 2.20. The highest BCUT2D eigenvalue weighted by atomic mass is 16.6. The van der Waals surface area contributed by atoms with Crippen LogP contribution in [0, 0.1) is 0 Å². The zero-order valence-electron chi connectivity index (χ0n) is 7.91. The van der Waals surface area contributed by atoms with E-state index in [1.807, 2.05) is 0 Å². The van der Waals surface area contributed by atoms with E-state index >= 15 is 0 Å². The van der Waals surface area contributed by atoms with Gasteiger partial charge in [0.1, 0.15) is 6.61 Å². The van der Waals surface area contributed by atoms with E-state index in [0.29, 0.717) is 26.3 Å². The van der Waals surface area contributed by atoms with Crippen LogP contribution >= 0.6 is 0 Å². The molecule has 1 saturated heterocycles. The van der Waals surface area contributed by atoms with Crippen LogP contribution in [0.25, 0.3) is 0 Å². The Kier molecular flexibility index (Phi) is 4.56. The van der Waals surface area contributed by atoms with Gasteiger partial charge in [0.2, 0.25) is 0 Å². The summed E-state index contributed by atoms with van der Waals surface area (Å²) in [5.74, 6) is 0. The van der Waals surface area contributed by atoms with E-state index in [9.17, 15) is 4.79 Å². The third-order valence-corrected chi connectivity index (χ3v) is 1.89. The maximum atomic E-state index is 10.9. The van der Waals surface area contributed by atoms with Crippen molar-refractivity contribution in [2.24, 2.45) is 0 Å². The predicted octanol–water partition coefficient (Wildman–Crippen LogP) is -0.325. The lowest BCUT2D eigenvalue weighted by Gasteiger charge is -2.12. The third kappa shape index (κ3) is 3.61. The summed E-state index contributed by atoms with van der Waals surface area (Å²) in [6.07, 6.45) is -0.200. The van der Waals surface area contributed by atoms with E-state index in [0.717, 1.165) is 13.1 Å². The fourth-order valence-electron chi connectivity index (χ4n) is 1.14. The van der Waals surface area contributed by atoms with Crippen molar-refractivity contribution in [3.63, 3.8) is 0 Å². The van der Waals surface area contributed by atoms with Gasteiger partial charge in [-0.05, 0) is 0 Å². The number of nitrogens with zero attached hydrogens (tertiary/aromatic N) is 1. The zero-order valence-corrected chi connectivity index (χ0v) is 7.91. The van der Waals surface area contributed by atoms with Gasteiger partial charge in [-0.15, -0.1) is 0 Å². The second-order valence-electron chi connectivity index (χ2n) is 2.84. The Morgan fingerprint density at radius 1 is 1.62 bits per heavy atom. The number of carbonyl (C=O) groups excluding carboxylic acids is 1. The monoisotopic (exact) mass is 188 g/mol. The normalized spacial score (nSPS) is 16.4. The molecule has 5 heteroatoms. The number of amides is 1. The number of ether oxygens (including phenoxy) is 2. The Hall–Kier alpha value is -0.810. The van der Waals surface area contributed by atoms with Crippen molar-refractivity contribution < 1.29 is 14.3 Å². The van der Waals surface area contributed by atoms with Gasteiger partial charge in [-0.1, -0.05) is 0 Å². The summed E-state index contributed by atoms with van der Waals surface area (Å²) in [7, 11) is 1.67. The van der Waals surface area contributed by atoms with Crippen LogP contribution in [0.3, 0.4) is 0 Å². The Labute approximate surface area is 78.0 Å². The van der Waals surface area contributed by atoms with Gasteiger partial charge >= 0.3 is 6.09 Å². The number of methoxy groups -OCH3 is 1. The van der Waals surface area contributed by atoms with E-state index in [1.165, 1.54) is 0 Å². The van der Waals surface area contributed by atoms with Crippen molar-refractivity contribution in [3.8, 4) is 0 Å². The quantitative estimate of drug-likeness (QED) is 0.580. The molecule has 13 heavy (non-hydrogen) atoms.